The van der Waals surface area contributed by atoms with Crippen molar-refractivity contribution in [2.24, 2.45) is 4.99 Å². The van der Waals surface area contributed by atoms with Crippen molar-refractivity contribution in [2.75, 3.05) is 11.1 Å². The van der Waals surface area contributed by atoms with Gasteiger partial charge in [-0.3, -0.25) is 30.0 Å². The minimum Gasteiger partial charge on any atom is -0.325 e. The number of nitro groups is 2. The van der Waals surface area contributed by atoms with Crippen molar-refractivity contribution in [1.29, 1.82) is 0 Å². The van der Waals surface area contributed by atoms with Gasteiger partial charge in [0, 0.05) is 36.2 Å². The Balaban J connectivity index is 1.39. The number of hydrogen-bond donors (Lipinski definition) is 1. The number of aliphatic imine (C=N–C) groups is 1. The molecule has 0 bridgehead atoms. The molecule has 0 saturated heterocycles. The predicted octanol–water partition coefficient (Wildman–Crippen LogP) is 5.59. The maximum atomic E-state index is 12.2. The number of nitro benzene ring substituents is 2. The van der Waals surface area contributed by atoms with Crippen molar-refractivity contribution in [3.63, 3.8) is 0 Å². The lowest BCUT2D eigenvalue weighted by molar-refractivity contribution is -0.385. The van der Waals surface area contributed by atoms with Gasteiger partial charge in [-0.25, -0.2) is 4.98 Å². The molecule has 4 aromatic rings. The van der Waals surface area contributed by atoms with Gasteiger partial charge in [0.25, 0.3) is 11.4 Å². The van der Waals surface area contributed by atoms with Crippen molar-refractivity contribution < 1.29 is 14.6 Å². The highest BCUT2D eigenvalue weighted by atomic mass is 32.2. The Bertz CT molecular complexity index is 1440. The highest BCUT2D eigenvalue weighted by molar-refractivity contribution is 8.01. The lowest BCUT2D eigenvalue weighted by Gasteiger charge is -2.03. The normalized spacial score (nSPS) is 11.1. The summed E-state index contributed by atoms with van der Waals surface area (Å²) < 4.78 is 1.58. The van der Waals surface area contributed by atoms with Crippen LogP contribution in [0.3, 0.4) is 0 Å². The molecule has 0 fully saturated rings. The van der Waals surface area contributed by atoms with E-state index in [0.29, 0.717) is 21.3 Å². The Morgan fingerprint density at radius 2 is 1.76 bits per heavy atom. The van der Waals surface area contributed by atoms with E-state index < -0.39 is 9.85 Å². The maximum Gasteiger partial charge on any atom is 0.271 e. The molecule has 3 aromatic carbocycles. The van der Waals surface area contributed by atoms with Crippen LogP contribution in [0.4, 0.5) is 22.7 Å². The molecule has 0 aliphatic heterocycles. The Morgan fingerprint density at radius 1 is 1.03 bits per heavy atom. The second-order valence-electron chi connectivity index (χ2n) is 6.89. The largest absolute Gasteiger partial charge is 0.325 e. The minimum absolute atomic E-state index is 0.00181. The molecule has 12 heteroatoms. The predicted molar refractivity (Wildman–Crippen MR) is 132 cm³/mol. The number of carbonyl (C=O) groups is 1. The average molecular weight is 494 g/mol. The van der Waals surface area contributed by atoms with Crippen LogP contribution >= 0.6 is 23.1 Å². The van der Waals surface area contributed by atoms with Crippen molar-refractivity contribution in [1.82, 2.24) is 4.98 Å². The quantitative estimate of drug-likeness (QED) is 0.146. The molecule has 34 heavy (non-hydrogen) atoms. The summed E-state index contributed by atoms with van der Waals surface area (Å²) in [5.41, 5.74) is 2.31. The zero-order valence-electron chi connectivity index (χ0n) is 17.3. The van der Waals surface area contributed by atoms with E-state index in [-0.39, 0.29) is 23.0 Å². The number of amides is 1. The third-order valence-electron chi connectivity index (χ3n) is 4.46. The number of carbonyl (C=O) groups excluding carboxylic acids is 1. The van der Waals surface area contributed by atoms with Gasteiger partial charge in [0.05, 0.1) is 31.5 Å². The first-order chi connectivity index (χ1) is 16.4. The van der Waals surface area contributed by atoms with Crippen LogP contribution in [0.25, 0.3) is 10.2 Å². The fourth-order valence-electron chi connectivity index (χ4n) is 2.92. The van der Waals surface area contributed by atoms with Gasteiger partial charge in [0.1, 0.15) is 0 Å². The molecule has 4 rings (SSSR count). The Labute approximate surface area is 200 Å². The van der Waals surface area contributed by atoms with Crippen LogP contribution in [0.5, 0.6) is 0 Å². The van der Waals surface area contributed by atoms with Crippen LogP contribution in [-0.4, -0.2) is 32.7 Å². The molecule has 1 amide bonds. The number of nitrogens with zero attached hydrogens (tertiary/aromatic N) is 4. The number of nitrogens with one attached hydrogen (secondary N) is 1. The Morgan fingerprint density at radius 3 is 2.53 bits per heavy atom. The van der Waals surface area contributed by atoms with Crippen LogP contribution in [0.15, 0.2) is 76.1 Å². The third kappa shape index (κ3) is 5.79. The summed E-state index contributed by atoms with van der Waals surface area (Å²) in [6, 6.07) is 17.4. The van der Waals surface area contributed by atoms with E-state index in [1.54, 1.807) is 30.5 Å². The fourth-order valence-corrected chi connectivity index (χ4v) is 4.83. The third-order valence-corrected chi connectivity index (χ3v) is 6.62. The van der Waals surface area contributed by atoms with E-state index in [2.05, 4.69) is 15.3 Å². The summed E-state index contributed by atoms with van der Waals surface area (Å²) in [4.78, 5) is 41.9. The molecule has 10 nitrogen and oxygen atoms in total. The standard InChI is InChI=1S/C22H15N5O5S2/c28-21(24-16-4-2-6-18(10-16)27(31)32)13-33-22-25-19-8-7-15(11-20(19)34-22)23-12-14-3-1-5-17(9-14)26(29)30/h1-12H,13H2,(H,24,28). The minimum atomic E-state index is -0.520. The van der Waals surface area contributed by atoms with Crippen LogP contribution in [0.1, 0.15) is 5.56 Å². The molecular formula is C22H15N5O5S2. The molecule has 0 unspecified atom stereocenters. The maximum absolute atomic E-state index is 12.2. The Hall–Kier alpha value is -4.16. The van der Waals surface area contributed by atoms with Crippen LogP contribution in [0, 0.1) is 20.2 Å². The SMILES string of the molecule is O=C(CSc1nc2ccc(N=Cc3cccc([N+](=O)[O-])c3)cc2s1)Nc1cccc([N+](=O)[O-])c1. The number of hydrogen-bond acceptors (Lipinski definition) is 9. The summed E-state index contributed by atoms with van der Waals surface area (Å²) >= 11 is 2.68. The molecule has 1 heterocycles. The molecule has 0 spiro atoms. The van der Waals surface area contributed by atoms with Gasteiger partial charge in [-0.15, -0.1) is 11.3 Å². The lowest BCUT2D eigenvalue weighted by atomic mass is 10.2. The van der Waals surface area contributed by atoms with Gasteiger partial charge in [0.2, 0.25) is 5.91 Å². The van der Waals surface area contributed by atoms with Gasteiger partial charge in [-0.1, -0.05) is 30.0 Å². The van der Waals surface area contributed by atoms with Crippen molar-refractivity contribution in [2.45, 2.75) is 4.34 Å². The van der Waals surface area contributed by atoms with Crippen molar-refractivity contribution in [3.05, 3.63) is 92.5 Å². The van der Waals surface area contributed by atoms with Crippen molar-refractivity contribution >= 4 is 68.2 Å². The average Bonchev–Trinajstić information content (AvgIpc) is 3.24. The van der Waals surface area contributed by atoms with Gasteiger partial charge < -0.3 is 5.32 Å². The van der Waals surface area contributed by atoms with Gasteiger partial charge in [0.15, 0.2) is 4.34 Å². The number of rotatable bonds is 8. The summed E-state index contributed by atoms with van der Waals surface area (Å²) in [5, 5.41) is 24.4. The van der Waals surface area contributed by atoms with E-state index >= 15 is 0 Å². The van der Waals surface area contributed by atoms with Gasteiger partial charge in [-0.2, -0.15) is 0 Å². The first kappa shape index (κ1) is 23.0. The molecule has 1 N–H and O–H groups in total. The second kappa shape index (κ2) is 10.2. The van der Waals surface area contributed by atoms with E-state index in [9.17, 15) is 25.0 Å². The fraction of sp³-hybridized carbons (Fsp3) is 0.0455. The summed E-state index contributed by atoms with van der Waals surface area (Å²) in [7, 11) is 0. The second-order valence-corrected chi connectivity index (χ2v) is 9.14. The molecule has 0 aliphatic rings. The van der Waals surface area contributed by atoms with Gasteiger partial charge in [-0.05, 0) is 29.8 Å². The number of benzene rings is 3. The van der Waals surface area contributed by atoms with Crippen molar-refractivity contribution in [3.8, 4) is 0 Å². The summed E-state index contributed by atoms with van der Waals surface area (Å²) in [6.07, 6.45) is 1.56. The molecule has 0 radical (unpaired) electrons. The molecule has 0 atom stereocenters. The topological polar surface area (TPSA) is 141 Å². The first-order valence-electron chi connectivity index (χ1n) is 9.73. The summed E-state index contributed by atoms with van der Waals surface area (Å²) in [5.74, 6) is -0.202. The molecule has 0 aliphatic carbocycles. The Kier molecular flexibility index (Phi) is 6.90. The van der Waals surface area contributed by atoms with Crippen LogP contribution in [0.2, 0.25) is 0 Å². The smallest absolute Gasteiger partial charge is 0.271 e. The van der Waals surface area contributed by atoms with E-state index in [4.69, 9.17) is 0 Å². The number of non-ortho nitro benzene ring substituents is 2. The molecule has 1 aromatic heterocycles. The highest BCUT2D eigenvalue weighted by Crippen LogP contribution is 2.32. The highest BCUT2D eigenvalue weighted by Gasteiger charge is 2.11. The van der Waals surface area contributed by atoms with Gasteiger partial charge >= 0.3 is 0 Å². The number of fused-ring (bicyclic) bond motifs is 1. The van der Waals surface area contributed by atoms with Crippen LogP contribution in [-0.2, 0) is 4.79 Å². The first-order valence-corrected chi connectivity index (χ1v) is 11.5. The molecule has 170 valence electrons. The zero-order chi connectivity index (χ0) is 24.1. The molecular weight excluding hydrogens is 478 g/mol. The zero-order valence-corrected chi connectivity index (χ0v) is 18.9. The summed E-state index contributed by atoms with van der Waals surface area (Å²) in [6.45, 7) is 0. The van der Waals surface area contributed by atoms with Crippen LogP contribution < -0.4 is 5.32 Å². The lowest BCUT2D eigenvalue weighted by Crippen LogP contribution is -2.13. The number of thiazole rings is 1. The van der Waals surface area contributed by atoms with E-state index in [0.717, 1.165) is 10.2 Å². The monoisotopic (exact) mass is 493 g/mol. The van der Waals surface area contributed by atoms with E-state index in [1.807, 2.05) is 12.1 Å². The number of thioether (sulfide) groups is 1. The number of aromatic nitrogens is 1. The number of anilines is 1. The molecule has 0 saturated carbocycles. The van der Waals surface area contributed by atoms with E-state index in [1.165, 1.54) is 53.4 Å².